The minimum absolute atomic E-state index is 0.767. The molecule has 3 rings (SSSR count). The minimum atomic E-state index is 0.767. The van der Waals surface area contributed by atoms with Gasteiger partial charge in [0.25, 0.3) is 0 Å². The van der Waals surface area contributed by atoms with Crippen LogP contribution in [0.3, 0.4) is 0 Å². The average molecular weight is 454 g/mol. The van der Waals surface area contributed by atoms with Crippen LogP contribution < -0.4 is 4.74 Å². The first-order valence-electron chi connectivity index (χ1n) is 13.3. The predicted molar refractivity (Wildman–Crippen MR) is 134 cm³/mol. The zero-order valence-corrected chi connectivity index (χ0v) is 20.6. The van der Waals surface area contributed by atoms with Gasteiger partial charge in [0, 0.05) is 13.2 Å². The van der Waals surface area contributed by atoms with Gasteiger partial charge in [0.15, 0.2) is 0 Å². The third-order valence-electron chi connectivity index (χ3n) is 6.30. The Morgan fingerprint density at radius 2 is 1.52 bits per heavy atom. The van der Waals surface area contributed by atoms with Crippen LogP contribution in [0.2, 0.25) is 0 Å². The number of unbranched alkanes of at least 4 members (excludes halogenated alkanes) is 7. The normalized spacial score (nSPS) is 13.4. The maximum absolute atomic E-state index is 5.84. The van der Waals surface area contributed by atoms with Crippen LogP contribution in [0.5, 0.6) is 5.75 Å². The molecular weight excluding hydrogens is 410 g/mol. The molecule has 1 fully saturated rings. The second-order valence-corrected chi connectivity index (χ2v) is 9.41. The summed E-state index contributed by atoms with van der Waals surface area (Å²) in [6.45, 7) is 4.74. The van der Waals surface area contributed by atoms with E-state index in [4.69, 9.17) is 9.47 Å². The lowest BCUT2D eigenvalue weighted by atomic mass is 10.1. The summed E-state index contributed by atoms with van der Waals surface area (Å²) in [5, 5.41) is 8.75. The first kappa shape index (κ1) is 25.6. The Balaban J connectivity index is 1.25. The van der Waals surface area contributed by atoms with Gasteiger partial charge in [-0.25, -0.2) is 0 Å². The Hall–Kier alpha value is -2.01. The van der Waals surface area contributed by atoms with Crippen molar-refractivity contribution in [1.82, 2.24) is 15.2 Å². The van der Waals surface area contributed by atoms with Gasteiger partial charge in [0.05, 0.1) is 24.2 Å². The highest BCUT2D eigenvalue weighted by molar-refractivity contribution is 5.53. The summed E-state index contributed by atoms with van der Waals surface area (Å²) in [5.41, 5.74) is 2.66. The molecule has 5 heteroatoms. The molecule has 2 aromatic rings. The average Bonchev–Trinajstić information content (AvgIpc) is 3.68. The smallest absolute Gasteiger partial charge is 0.137 e. The Morgan fingerprint density at radius 1 is 0.758 bits per heavy atom. The van der Waals surface area contributed by atoms with Gasteiger partial charge >= 0.3 is 0 Å². The molecule has 1 aliphatic rings. The van der Waals surface area contributed by atoms with E-state index in [0.717, 1.165) is 74.3 Å². The Morgan fingerprint density at radius 3 is 2.24 bits per heavy atom. The van der Waals surface area contributed by atoms with Gasteiger partial charge in [-0.3, -0.25) is 4.98 Å². The fraction of sp³-hybridized carbons (Fsp3) is 0.679. The Labute approximate surface area is 200 Å². The summed E-state index contributed by atoms with van der Waals surface area (Å²) in [5.74, 6) is 1.88. The molecule has 0 saturated heterocycles. The highest BCUT2D eigenvalue weighted by atomic mass is 16.5. The van der Waals surface area contributed by atoms with E-state index >= 15 is 0 Å². The van der Waals surface area contributed by atoms with Crippen LogP contribution in [-0.2, 0) is 11.2 Å². The molecule has 0 amide bonds. The second kappa shape index (κ2) is 15.8. The van der Waals surface area contributed by atoms with Crippen LogP contribution in [0.25, 0.3) is 11.4 Å². The van der Waals surface area contributed by atoms with Crippen molar-refractivity contribution >= 4 is 0 Å². The van der Waals surface area contributed by atoms with E-state index in [1.165, 1.54) is 64.2 Å². The summed E-state index contributed by atoms with van der Waals surface area (Å²) >= 11 is 0. The summed E-state index contributed by atoms with van der Waals surface area (Å²) in [7, 11) is 0. The summed E-state index contributed by atoms with van der Waals surface area (Å²) in [6.07, 6.45) is 19.4. The monoisotopic (exact) mass is 453 g/mol. The lowest BCUT2D eigenvalue weighted by Crippen LogP contribution is -2.00. The molecule has 1 saturated carbocycles. The summed E-state index contributed by atoms with van der Waals surface area (Å²) in [4.78, 5) is 4.51. The number of rotatable bonds is 19. The van der Waals surface area contributed by atoms with E-state index in [-0.39, 0.29) is 0 Å². The van der Waals surface area contributed by atoms with Gasteiger partial charge < -0.3 is 9.47 Å². The van der Waals surface area contributed by atoms with E-state index in [1.807, 2.05) is 18.2 Å². The lowest BCUT2D eigenvalue weighted by molar-refractivity contribution is 0.126. The number of aromatic nitrogens is 3. The molecule has 0 bridgehead atoms. The number of hydrogen-bond acceptors (Lipinski definition) is 5. The highest BCUT2D eigenvalue weighted by Crippen LogP contribution is 2.34. The van der Waals surface area contributed by atoms with Crippen LogP contribution in [0, 0.1) is 5.92 Å². The van der Waals surface area contributed by atoms with Crippen LogP contribution in [0.4, 0.5) is 0 Å². The standard InChI is InChI=1S/C28H43N3O2/c1-2-3-4-9-20-32-21-11-8-13-25-16-18-28(31-30-25)27-19-17-26(23-29-27)33-22-10-6-5-7-12-24-14-15-24/h16-19,23-24H,2-15,20-22H2,1H3. The van der Waals surface area contributed by atoms with Crippen LogP contribution in [-0.4, -0.2) is 35.0 Å². The van der Waals surface area contributed by atoms with Gasteiger partial charge in [-0.1, -0.05) is 64.7 Å². The predicted octanol–water partition coefficient (Wildman–Crippen LogP) is 7.20. The van der Waals surface area contributed by atoms with Gasteiger partial charge in [-0.2, -0.15) is 5.10 Å². The fourth-order valence-electron chi connectivity index (χ4n) is 3.98. The van der Waals surface area contributed by atoms with Crippen molar-refractivity contribution in [1.29, 1.82) is 0 Å². The molecule has 0 atom stereocenters. The summed E-state index contributed by atoms with van der Waals surface area (Å²) in [6, 6.07) is 8.01. The minimum Gasteiger partial charge on any atom is -0.492 e. The van der Waals surface area contributed by atoms with Crippen molar-refractivity contribution in [2.45, 2.75) is 96.8 Å². The zero-order valence-electron chi connectivity index (χ0n) is 20.6. The number of nitrogens with zero attached hydrogens (tertiary/aromatic N) is 3. The number of pyridine rings is 1. The zero-order chi connectivity index (χ0) is 23.0. The largest absolute Gasteiger partial charge is 0.492 e. The maximum atomic E-state index is 5.84. The molecule has 182 valence electrons. The van der Waals surface area contributed by atoms with Gasteiger partial charge in [-0.05, 0) is 62.3 Å². The first-order chi connectivity index (χ1) is 16.3. The van der Waals surface area contributed by atoms with Crippen molar-refractivity contribution in [3.05, 3.63) is 36.2 Å². The van der Waals surface area contributed by atoms with Crippen molar-refractivity contribution in [2.75, 3.05) is 19.8 Å². The quantitative estimate of drug-likeness (QED) is 0.211. The molecule has 2 aromatic heterocycles. The molecule has 2 heterocycles. The van der Waals surface area contributed by atoms with E-state index in [0.29, 0.717) is 0 Å². The summed E-state index contributed by atoms with van der Waals surface area (Å²) < 4.78 is 11.6. The molecule has 1 aliphatic carbocycles. The van der Waals surface area contributed by atoms with Gasteiger partial charge in [0.2, 0.25) is 0 Å². The molecule has 0 aromatic carbocycles. The second-order valence-electron chi connectivity index (χ2n) is 9.41. The van der Waals surface area contributed by atoms with Crippen LogP contribution >= 0.6 is 0 Å². The fourth-order valence-corrected chi connectivity index (χ4v) is 3.98. The molecule has 0 spiro atoms. The molecular formula is C28H43N3O2. The maximum Gasteiger partial charge on any atom is 0.137 e. The number of hydrogen-bond donors (Lipinski definition) is 0. The third-order valence-corrected chi connectivity index (χ3v) is 6.30. The molecule has 0 N–H and O–H groups in total. The van der Waals surface area contributed by atoms with E-state index in [9.17, 15) is 0 Å². The molecule has 0 aliphatic heterocycles. The lowest BCUT2D eigenvalue weighted by Gasteiger charge is -2.07. The number of aryl methyl sites for hydroxylation is 1. The first-order valence-corrected chi connectivity index (χ1v) is 13.3. The Kier molecular flexibility index (Phi) is 12.2. The van der Waals surface area contributed by atoms with E-state index in [1.54, 1.807) is 6.20 Å². The molecule has 33 heavy (non-hydrogen) atoms. The van der Waals surface area contributed by atoms with Crippen molar-refractivity contribution in [3.8, 4) is 17.1 Å². The number of ether oxygens (including phenoxy) is 2. The van der Waals surface area contributed by atoms with Crippen molar-refractivity contribution in [2.24, 2.45) is 5.92 Å². The van der Waals surface area contributed by atoms with E-state index in [2.05, 4.69) is 28.2 Å². The molecule has 0 unspecified atom stereocenters. The van der Waals surface area contributed by atoms with Crippen LogP contribution in [0.15, 0.2) is 30.5 Å². The third kappa shape index (κ3) is 11.1. The Bertz CT molecular complexity index is 745. The van der Waals surface area contributed by atoms with Gasteiger partial charge in [-0.15, -0.1) is 5.10 Å². The van der Waals surface area contributed by atoms with Crippen molar-refractivity contribution in [3.63, 3.8) is 0 Å². The molecule has 0 radical (unpaired) electrons. The van der Waals surface area contributed by atoms with Crippen molar-refractivity contribution < 1.29 is 9.47 Å². The van der Waals surface area contributed by atoms with Gasteiger partial charge in [0.1, 0.15) is 11.4 Å². The topological polar surface area (TPSA) is 57.1 Å². The molecule has 5 nitrogen and oxygen atoms in total. The SMILES string of the molecule is CCCCCCOCCCCc1ccc(-c2ccc(OCCCCCCC3CC3)cn2)nn1. The highest BCUT2D eigenvalue weighted by Gasteiger charge is 2.19. The van der Waals surface area contributed by atoms with E-state index < -0.39 is 0 Å². The van der Waals surface area contributed by atoms with Crippen LogP contribution in [0.1, 0.15) is 96.1 Å².